The van der Waals surface area contributed by atoms with E-state index in [0.29, 0.717) is 6.42 Å². The summed E-state index contributed by atoms with van der Waals surface area (Å²) in [5.74, 6) is -0.443. The van der Waals surface area contributed by atoms with Crippen molar-refractivity contribution in [3.8, 4) is 0 Å². The van der Waals surface area contributed by atoms with Crippen LogP contribution in [0, 0.1) is 13.8 Å². The van der Waals surface area contributed by atoms with E-state index in [0.717, 1.165) is 13.0 Å². The normalized spacial score (nSPS) is 13.9. The fourth-order valence-electron chi connectivity index (χ4n) is 2.16. The molecule has 0 radical (unpaired) electrons. The topological polar surface area (TPSA) is 72.3 Å². The van der Waals surface area contributed by atoms with E-state index in [-0.39, 0.29) is 0 Å². The minimum Gasteiger partial charge on any atom is -0.374 e. The Labute approximate surface area is 115 Å². The fourth-order valence-corrected chi connectivity index (χ4v) is 2.16. The van der Waals surface area contributed by atoms with Crippen LogP contribution in [0.5, 0.6) is 0 Å². The summed E-state index contributed by atoms with van der Waals surface area (Å²) in [6.07, 6.45) is 1.43. The molecule has 1 unspecified atom stereocenters. The molecule has 4 heteroatoms. The summed E-state index contributed by atoms with van der Waals surface area (Å²) in [5, 5.41) is 0. The number of rotatable bonds is 6. The first kappa shape index (κ1) is 15.5. The minimum absolute atomic E-state index is 0.443. The Morgan fingerprint density at radius 1 is 1.37 bits per heavy atom. The molecule has 0 aromatic heterocycles. The van der Waals surface area contributed by atoms with Crippen LogP contribution in [0.25, 0.3) is 0 Å². The second-order valence-electron chi connectivity index (χ2n) is 5.60. The lowest BCUT2D eigenvalue weighted by molar-refractivity contribution is -0.122. The van der Waals surface area contributed by atoms with Crippen LogP contribution >= 0.6 is 0 Å². The van der Waals surface area contributed by atoms with Gasteiger partial charge in [0.2, 0.25) is 5.91 Å². The van der Waals surface area contributed by atoms with Crippen LogP contribution in [0.2, 0.25) is 0 Å². The third-order valence-electron chi connectivity index (χ3n) is 3.52. The maximum atomic E-state index is 11.1. The number of nitrogens with two attached hydrogens (primary N) is 2. The van der Waals surface area contributed by atoms with E-state index in [1.54, 1.807) is 6.92 Å². The van der Waals surface area contributed by atoms with Crippen LogP contribution < -0.4 is 16.4 Å². The van der Waals surface area contributed by atoms with Gasteiger partial charge in [-0.3, -0.25) is 4.79 Å². The molecule has 0 aliphatic heterocycles. The number of nitrogens with zero attached hydrogens (tertiary/aromatic N) is 1. The van der Waals surface area contributed by atoms with Crippen molar-refractivity contribution in [2.45, 2.75) is 39.2 Å². The highest BCUT2D eigenvalue weighted by molar-refractivity contribution is 5.83. The molecule has 19 heavy (non-hydrogen) atoms. The zero-order valence-corrected chi connectivity index (χ0v) is 12.4. The van der Waals surface area contributed by atoms with E-state index in [9.17, 15) is 4.79 Å². The number of carbonyl (C=O) groups is 1. The van der Waals surface area contributed by atoms with Gasteiger partial charge in [0.25, 0.3) is 0 Å². The highest BCUT2D eigenvalue weighted by atomic mass is 16.1. The Kier molecular flexibility index (Phi) is 4.95. The highest BCUT2D eigenvalue weighted by Gasteiger charge is 2.24. The zero-order chi connectivity index (χ0) is 14.6. The number of benzene rings is 1. The monoisotopic (exact) mass is 263 g/mol. The molecular formula is C15H25N3O. The molecule has 1 atom stereocenters. The Balaban J connectivity index is 2.56. The van der Waals surface area contributed by atoms with Gasteiger partial charge in [0, 0.05) is 19.3 Å². The van der Waals surface area contributed by atoms with Crippen molar-refractivity contribution in [2.24, 2.45) is 11.5 Å². The van der Waals surface area contributed by atoms with Crippen LogP contribution in [-0.2, 0) is 4.79 Å². The molecule has 4 nitrogen and oxygen atoms in total. The summed E-state index contributed by atoms with van der Waals surface area (Å²) in [6, 6.07) is 6.40. The highest BCUT2D eigenvalue weighted by Crippen LogP contribution is 2.20. The van der Waals surface area contributed by atoms with Gasteiger partial charge in [-0.15, -0.1) is 0 Å². The van der Waals surface area contributed by atoms with E-state index < -0.39 is 11.4 Å². The molecule has 0 aliphatic rings. The van der Waals surface area contributed by atoms with Crippen molar-refractivity contribution >= 4 is 11.6 Å². The van der Waals surface area contributed by atoms with Crippen LogP contribution in [0.4, 0.5) is 5.69 Å². The molecule has 1 aromatic rings. The predicted octanol–water partition coefficient (Wildman–Crippen LogP) is 1.72. The smallest absolute Gasteiger partial charge is 0.237 e. The van der Waals surface area contributed by atoms with Crippen molar-refractivity contribution < 1.29 is 4.79 Å². The van der Waals surface area contributed by atoms with Gasteiger partial charge in [-0.2, -0.15) is 0 Å². The van der Waals surface area contributed by atoms with E-state index in [4.69, 9.17) is 11.5 Å². The molecule has 0 bridgehead atoms. The maximum absolute atomic E-state index is 11.1. The third kappa shape index (κ3) is 4.24. The molecule has 1 amide bonds. The Hall–Kier alpha value is -1.55. The van der Waals surface area contributed by atoms with Gasteiger partial charge in [0.15, 0.2) is 0 Å². The first-order chi connectivity index (χ1) is 8.74. The Morgan fingerprint density at radius 2 is 2.00 bits per heavy atom. The summed E-state index contributed by atoms with van der Waals surface area (Å²) in [6.45, 7) is 6.73. The van der Waals surface area contributed by atoms with Gasteiger partial charge < -0.3 is 16.4 Å². The average Bonchev–Trinajstić information content (AvgIpc) is 2.28. The number of carbonyl (C=O) groups excluding carboxylic acids is 1. The lowest BCUT2D eigenvalue weighted by Gasteiger charge is -2.25. The molecule has 1 aromatic carbocycles. The van der Waals surface area contributed by atoms with Gasteiger partial charge in [-0.25, -0.2) is 0 Å². The number of primary amides is 1. The van der Waals surface area contributed by atoms with Crippen molar-refractivity contribution in [2.75, 3.05) is 18.5 Å². The molecule has 4 N–H and O–H groups in total. The van der Waals surface area contributed by atoms with Crippen molar-refractivity contribution in [3.05, 3.63) is 29.3 Å². The van der Waals surface area contributed by atoms with Gasteiger partial charge in [0.1, 0.15) is 0 Å². The number of anilines is 1. The molecular weight excluding hydrogens is 238 g/mol. The van der Waals surface area contributed by atoms with Crippen LogP contribution in [-0.4, -0.2) is 25.0 Å². The summed E-state index contributed by atoms with van der Waals surface area (Å²) in [4.78, 5) is 13.3. The predicted molar refractivity (Wildman–Crippen MR) is 80.2 cm³/mol. The molecule has 0 heterocycles. The average molecular weight is 263 g/mol. The fraction of sp³-hybridized carbons (Fsp3) is 0.533. The first-order valence-electron chi connectivity index (χ1n) is 6.61. The molecule has 1 rings (SSSR count). The van der Waals surface area contributed by atoms with Crippen LogP contribution in [0.15, 0.2) is 18.2 Å². The van der Waals surface area contributed by atoms with Crippen molar-refractivity contribution in [3.63, 3.8) is 0 Å². The third-order valence-corrected chi connectivity index (χ3v) is 3.52. The van der Waals surface area contributed by atoms with E-state index >= 15 is 0 Å². The van der Waals surface area contributed by atoms with Gasteiger partial charge >= 0.3 is 0 Å². The number of hydrogen-bond donors (Lipinski definition) is 2. The van der Waals surface area contributed by atoms with E-state index in [1.807, 2.05) is 0 Å². The lowest BCUT2D eigenvalue weighted by Crippen LogP contribution is -2.49. The number of hydrogen-bond acceptors (Lipinski definition) is 3. The zero-order valence-electron chi connectivity index (χ0n) is 12.4. The summed E-state index contributed by atoms with van der Waals surface area (Å²) in [7, 11) is 2.05. The molecule has 106 valence electrons. The molecule has 0 saturated heterocycles. The second-order valence-corrected chi connectivity index (χ2v) is 5.60. The van der Waals surface area contributed by atoms with E-state index in [1.165, 1.54) is 16.8 Å². The summed E-state index contributed by atoms with van der Waals surface area (Å²) < 4.78 is 0. The maximum Gasteiger partial charge on any atom is 0.237 e. The molecule has 0 fully saturated rings. The van der Waals surface area contributed by atoms with Crippen molar-refractivity contribution in [1.29, 1.82) is 0 Å². The Morgan fingerprint density at radius 3 is 2.53 bits per heavy atom. The lowest BCUT2D eigenvalue weighted by atomic mass is 9.96. The first-order valence-corrected chi connectivity index (χ1v) is 6.61. The summed E-state index contributed by atoms with van der Waals surface area (Å²) >= 11 is 0. The van der Waals surface area contributed by atoms with Crippen LogP contribution in [0.1, 0.15) is 30.9 Å². The minimum atomic E-state index is -0.914. The number of aryl methyl sites for hydroxylation is 2. The molecule has 0 spiro atoms. The van der Waals surface area contributed by atoms with Gasteiger partial charge in [-0.05, 0) is 45.2 Å². The second kappa shape index (κ2) is 6.06. The largest absolute Gasteiger partial charge is 0.374 e. The van der Waals surface area contributed by atoms with Gasteiger partial charge in [-0.1, -0.05) is 17.7 Å². The van der Waals surface area contributed by atoms with Crippen molar-refractivity contribution in [1.82, 2.24) is 0 Å². The van der Waals surface area contributed by atoms with E-state index in [2.05, 4.69) is 44.0 Å². The van der Waals surface area contributed by atoms with Gasteiger partial charge in [0.05, 0.1) is 5.54 Å². The Bertz CT molecular complexity index is 455. The summed E-state index contributed by atoms with van der Waals surface area (Å²) in [5.41, 5.74) is 13.9. The quantitative estimate of drug-likeness (QED) is 0.821. The molecule has 0 aliphatic carbocycles. The standard InChI is InChI=1S/C15H25N3O/c1-11-6-7-13(12(2)10-11)18(4)9-5-8-15(3,17)14(16)19/h6-7,10H,5,8-9,17H2,1-4H3,(H2,16,19). The molecule has 0 saturated carbocycles. The SMILES string of the molecule is Cc1ccc(N(C)CCCC(C)(N)C(N)=O)c(C)c1. The number of amides is 1. The van der Waals surface area contributed by atoms with Crippen LogP contribution in [0.3, 0.4) is 0 Å².